The number of rotatable bonds is 6. The molecule has 0 saturated carbocycles. The van der Waals surface area contributed by atoms with Gasteiger partial charge in [-0.25, -0.2) is 4.79 Å². The third-order valence-electron chi connectivity index (χ3n) is 5.22. The molecule has 4 rings (SSSR count). The number of amides is 3. The SMILES string of the molecule is O=C(CCCC[C@@H]1SC[C@@H]2NC(=O)N[C@@H]21)Nc1cccc2c1CCN2. The lowest BCUT2D eigenvalue weighted by Crippen LogP contribution is -2.36. The maximum Gasteiger partial charge on any atom is 0.315 e. The van der Waals surface area contributed by atoms with Crippen LogP contribution in [0.1, 0.15) is 31.2 Å². The van der Waals surface area contributed by atoms with Crippen LogP contribution in [0.5, 0.6) is 0 Å². The lowest BCUT2D eigenvalue weighted by atomic mass is 10.0. The summed E-state index contributed by atoms with van der Waals surface area (Å²) >= 11 is 1.93. The van der Waals surface area contributed by atoms with E-state index in [1.54, 1.807) is 0 Å². The Morgan fingerprint density at radius 1 is 1.28 bits per heavy atom. The van der Waals surface area contributed by atoms with E-state index in [2.05, 4.69) is 27.3 Å². The van der Waals surface area contributed by atoms with Crippen molar-refractivity contribution in [2.75, 3.05) is 22.9 Å². The highest BCUT2D eigenvalue weighted by Crippen LogP contribution is 2.33. The minimum absolute atomic E-state index is 0.0374. The van der Waals surface area contributed by atoms with Crippen LogP contribution in [-0.2, 0) is 11.2 Å². The van der Waals surface area contributed by atoms with E-state index in [9.17, 15) is 9.59 Å². The molecule has 4 N–H and O–H groups in total. The fourth-order valence-corrected chi connectivity index (χ4v) is 5.49. The van der Waals surface area contributed by atoms with Gasteiger partial charge in [0.25, 0.3) is 0 Å². The Bertz CT molecular complexity index is 681. The van der Waals surface area contributed by atoms with Crippen LogP contribution in [0.3, 0.4) is 0 Å². The maximum absolute atomic E-state index is 12.2. The molecule has 134 valence electrons. The van der Waals surface area contributed by atoms with E-state index in [1.807, 2.05) is 23.9 Å². The summed E-state index contributed by atoms with van der Waals surface area (Å²) in [6.07, 6.45) is 4.46. The molecule has 3 aliphatic heterocycles. The molecule has 0 aliphatic carbocycles. The normalized spacial score (nSPS) is 26.4. The number of hydrogen-bond acceptors (Lipinski definition) is 4. The smallest absolute Gasteiger partial charge is 0.315 e. The molecule has 0 aromatic heterocycles. The molecule has 0 radical (unpaired) electrons. The standard InChI is InChI=1S/C18H24N4O2S/c23-16(20-13-5-3-4-12-11(13)8-9-19-12)7-2-1-6-15-17-14(10-25-15)21-18(24)22-17/h3-5,14-15,17,19H,1-2,6-10H2,(H,20,23)(H2,21,22,24)/t14-,15-,17-/m0/s1. The quantitative estimate of drug-likeness (QED) is 0.463. The molecule has 6 nitrogen and oxygen atoms in total. The topological polar surface area (TPSA) is 82.3 Å². The largest absolute Gasteiger partial charge is 0.384 e. The summed E-state index contributed by atoms with van der Waals surface area (Å²) in [6, 6.07) is 6.51. The first-order chi connectivity index (χ1) is 12.2. The van der Waals surface area contributed by atoms with Gasteiger partial charge in [-0.15, -0.1) is 0 Å². The van der Waals surface area contributed by atoms with Crippen LogP contribution < -0.4 is 21.3 Å². The molecule has 0 unspecified atom stereocenters. The van der Waals surface area contributed by atoms with E-state index < -0.39 is 0 Å². The van der Waals surface area contributed by atoms with Gasteiger partial charge in [-0.2, -0.15) is 11.8 Å². The Labute approximate surface area is 151 Å². The Balaban J connectivity index is 1.20. The van der Waals surface area contributed by atoms with Crippen molar-refractivity contribution in [2.45, 2.75) is 49.4 Å². The number of urea groups is 1. The number of carbonyl (C=O) groups excluding carboxylic acids is 2. The summed E-state index contributed by atoms with van der Waals surface area (Å²) in [5.41, 5.74) is 3.30. The Kier molecular flexibility index (Phi) is 4.74. The maximum atomic E-state index is 12.2. The zero-order valence-corrected chi connectivity index (χ0v) is 15.0. The first kappa shape index (κ1) is 16.6. The van der Waals surface area contributed by atoms with E-state index >= 15 is 0 Å². The summed E-state index contributed by atoms with van der Waals surface area (Å²) < 4.78 is 0. The lowest BCUT2D eigenvalue weighted by molar-refractivity contribution is -0.116. The van der Waals surface area contributed by atoms with Crippen molar-refractivity contribution in [2.24, 2.45) is 0 Å². The van der Waals surface area contributed by atoms with Crippen LogP contribution >= 0.6 is 11.8 Å². The van der Waals surface area contributed by atoms with Crippen LogP contribution in [0, 0.1) is 0 Å². The number of nitrogens with one attached hydrogen (secondary N) is 4. The average molecular weight is 360 g/mol. The number of benzene rings is 1. The molecule has 2 fully saturated rings. The van der Waals surface area contributed by atoms with Gasteiger partial charge in [-0.05, 0) is 31.4 Å². The van der Waals surface area contributed by atoms with Crippen molar-refractivity contribution >= 4 is 35.1 Å². The first-order valence-corrected chi connectivity index (χ1v) is 10.1. The molecular weight excluding hydrogens is 336 g/mol. The van der Waals surface area contributed by atoms with Crippen LogP contribution in [0.25, 0.3) is 0 Å². The lowest BCUT2D eigenvalue weighted by Gasteiger charge is -2.16. The summed E-state index contributed by atoms with van der Waals surface area (Å²) in [5.74, 6) is 1.08. The van der Waals surface area contributed by atoms with Gasteiger partial charge in [-0.1, -0.05) is 12.5 Å². The zero-order valence-electron chi connectivity index (χ0n) is 14.1. The highest BCUT2D eigenvalue weighted by atomic mass is 32.2. The molecule has 1 aromatic carbocycles. The predicted molar refractivity (Wildman–Crippen MR) is 101 cm³/mol. The summed E-state index contributed by atoms with van der Waals surface area (Å²) in [6.45, 7) is 0.939. The van der Waals surface area contributed by atoms with E-state index in [0.717, 1.165) is 49.4 Å². The van der Waals surface area contributed by atoms with Gasteiger partial charge < -0.3 is 21.3 Å². The Hall–Kier alpha value is -1.89. The number of carbonyl (C=O) groups is 2. The van der Waals surface area contributed by atoms with Gasteiger partial charge >= 0.3 is 6.03 Å². The summed E-state index contributed by atoms with van der Waals surface area (Å²) in [7, 11) is 0. The Morgan fingerprint density at radius 3 is 3.12 bits per heavy atom. The minimum atomic E-state index is -0.0374. The average Bonchev–Trinajstić information content (AvgIpc) is 3.28. The third-order valence-corrected chi connectivity index (χ3v) is 6.73. The molecule has 2 saturated heterocycles. The fourth-order valence-electron chi connectivity index (χ4n) is 3.95. The van der Waals surface area contributed by atoms with Crippen molar-refractivity contribution in [3.63, 3.8) is 0 Å². The molecule has 25 heavy (non-hydrogen) atoms. The molecule has 1 aromatic rings. The van der Waals surface area contributed by atoms with Gasteiger partial charge in [0.2, 0.25) is 5.91 Å². The molecule has 0 bridgehead atoms. The number of anilines is 2. The second-order valence-electron chi connectivity index (χ2n) is 6.92. The number of hydrogen-bond donors (Lipinski definition) is 4. The van der Waals surface area contributed by atoms with Crippen molar-refractivity contribution in [1.29, 1.82) is 0 Å². The van der Waals surface area contributed by atoms with E-state index in [4.69, 9.17) is 0 Å². The molecule has 7 heteroatoms. The third kappa shape index (κ3) is 3.56. The Morgan fingerprint density at radius 2 is 2.20 bits per heavy atom. The van der Waals surface area contributed by atoms with Crippen molar-refractivity contribution in [3.8, 4) is 0 Å². The van der Waals surface area contributed by atoms with Crippen LogP contribution in [0.2, 0.25) is 0 Å². The van der Waals surface area contributed by atoms with Crippen molar-refractivity contribution in [1.82, 2.24) is 10.6 Å². The minimum Gasteiger partial charge on any atom is -0.384 e. The first-order valence-electron chi connectivity index (χ1n) is 9.05. The van der Waals surface area contributed by atoms with Crippen molar-refractivity contribution in [3.05, 3.63) is 23.8 Å². The second kappa shape index (κ2) is 7.15. The molecular formula is C18H24N4O2S. The van der Waals surface area contributed by atoms with Gasteiger partial charge in [0.05, 0.1) is 12.1 Å². The van der Waals surface area contributed by atoms with Gasteiger partial charge in [-0.3, -0.25) is 4.79 Å². The summed E-state index contributed by atoms with van der Waals surface area (Å²) in [5, 5.41) is 12.8. The van der Waals surface area contributed by atoms with E-state index in [-0.39, 0.29) is 24.0 Å². The summed E-state index contributed by atoms with van der Waals surface area (Å²) in [4.78, 5) is 23.6. The van der Waals surface area contributed by atoms with Crippen LogP contribution in [0.4, 0.5) is 16.2 Å². The van der Waals surface area contributed by atoms with E-state index in [0.29, 0.717) is 11.7 Å². The molecule has 3 amide bonds. The number of fused-ring (bicyclic) bond motifs is 2. The zero-order chi connectivity index (χ0) is 17.2. The number of unbranched alkanes of at least 4 members (excludes halogenated alkanes) is 1. The van der Waals surface area contributed by atoms with Crippen LogP contribution in [-0.4, -0.2) is 41.6 Å². The predicted octanol–water partition coefficient (Wildman–Crippen LogP) is 2.32. The van der Waals surface area contributed by atoms with Crippen molar-refractivity contribution < 1.29 is 9.59 Å². The fraction of sp³-hybridized carbons (Fsp3) is 0.556. The molecule has 3 aliphatic rings. The molecule has 0 spiro atoms. The van der Waals surface area contributed by atoms with Gasteiger partial charge in [0.1, 0.15) is 0 Å². The molecule has 3 atom stereocenters. The van der Waals surface area contributed by atoms with E-state index in [1.165, 1.54) is 5.56 Å². The monoisotopic (exact) mass is 360 g/mol. The van der Waals surface area contributed by atoms with Gasteiger partial charge in [0.15, 0.2) is 0 Å². The van der Waals surface area contributed by atoms with Crippen LogP contribution in [0.15, 0.2) is 18.2 Å². The highest BCUT2D eigenvalue weighted by Gasteiger charge is 2.42. The molecule has 3 heterocycles. The number of thioether (sulfide) groups is 1. The highest BCUT2D eigenvalue weighted by molar-refractivity contribution is 8.00. The van der Waals surface area contributed by atoms with Gasteiger partial charge in [0, 0.05) is 40.9 Å². The second-order valence-corrected chi connectivity index (χ2v) is 8.20.